The van der Waals surface area contributed by atoms with E-state index in [9.17, 15) is 9.18 Å². The Labute approximate surface area is 106 Å². The first-order valence-electron chi connectivity index (χ1n) is 4.86. The highest BCUT2D eigenvalue weighted by molar-refractivity contribution is 9.10. The normalized spacial score (nSPS) is 10.6. The van der Waals surface area contributed by atoms with Gasteiger partial charge in [0.05, 0.1) is 0 Å². The van der Waals surface area contributed by atoms with Crippen LogP contribution in [0.4, 0.5) is 4.39 Å². The maximum Gasteiger partial charge on any atom is 0.214 e. The number of aryl methyl sites for hydroxylation is 2. The lowest BCUT2D eigenvalue weighted by molar-refractivity contribution is 0.102. The van der Waals surface area contributed by atoms with Crippen LogP contribution in [0.2, 0.25) is 0 Å². The van der Waals surface area contributed by atoms with E-state index in [4.69, 9.17) is 0 Å². The largest absolute Gasteiger partial charge is 0.287 e. The summed E-state index contributed by atoms with van der Waals surface area (Å²) in [5.74, 6) is -0.594. The second kappa shape index (κ2) is 4.37. The maximum absolute atomic E-state index is 13.0. The van der Waals surface area contributed by atoms with E-state index < -0.39 is 0 Å². The molecule has 0 radical (unpaired) electrons. The van der Waals surface area contributed by atoms with E-state index in [1.165, 1.54) is 22.9 Å². The minimum Gasteiger partial charge on any atom is -0.287 e. The van der Waals surface area contributed by atoms with Gasteiger partial charge in [-0.25, -0.2) is 9.07 Å². The summed E-state index contributed by atoms with van der Waals surface area (Å²) in [5.41, 5.74) is 1.38. The highest BCUT2D eigenvalue weighted by atomic mass is 79.9. The zero-order chi connectivity index (χ0) is 12.6. The molecule has 0 saturated carbocycles. The van der Waals surface area contributed by atoms with E-state index in [2.05, 4.69) is 26.2 Å². The third kappa shape index (κ3) is 2.12. The number of carbonyl (C=O) groups is 1. The van der Waals surface area contributed by atoms with Crippen LogP contribution in [0.15, 0.2) is 22.8 Å². The lowest BCUT2D eigenvalue weighted by Gasteiger charge is -2.05. The maximum atomic E-state index is 13.0. The van der Waals surface area contributed by atoms with Crippen LogP contribution in [-0.4, -0.2) is 20.8 Å². The van der Waals surface area contributed by atoms with Crippen molar-refractivity contribution in [3.05, 3.63) is 45.4 Å². The topological polar surface area (TPSA) is 47.8 Å². The van der Waals surface area contributed by atoms with E-state index in [1.54, 1.807) is 14.0 Å². The Hall–Kier alpha value is -1.56. The standard InChI is InChI=1S/C11H9BrFN3O/c1-6-5-7(13)3-4-8(6)10(17)9-11(12)14-15-16(9)2/h3-5H,1-2H3. The average molecular weight is 298 g/mol. The summed E-state index contributed by atoms with van der Waals surface area (Å²) in [6.07, 6.45) is 0. The monoisotopic (exact) mass is 297 g/mol. The number of hydrogen-bond acceptors (Lipinski definition) is 3. The van der Waals surface area contributed by atoms with Crippen molar-refractivity contribution >= 4 is 21.7 Å². The van der Waals surface area contributed by atoms with E-state index in [-0.39, 0.29) is 11.6 Å². The van der Waals surface area contributed by atoms with Gasteiger partial charge in [0.25, 0.3) is 0 Å². The van der Waals surface area contributed by atoms with Crippen molar-refractivity contribution in [2.75, 3.05) is 0 Å². The first kappa shape index (κ1) is 11.9. The summed E-state index contributed by atoms with van der Waals surface area (Å²) < 4.78 is 14.7. The number of halogens is 2. The number of ketones is 1. The molecule has 0 bridgehead atoms. The zero-order valence-electron chi connectivity index (χ0n) is 9.24. The highest BCUT2D eigenvalue weighted by Gasteiger charge is 2.20. The molecule has 0 fully saturated rings. The van der Waals surface area contributed by atoms with Crippen LogP contribution in [0.1, 0.15) is 21.6 Å². The minimum atomic E-state index is -0.360. The van der Waals surface area contributed by atoms with Crippen LogP contribution in [0.3, 0.4) is 0 Å². The molecule has 0 unspecified atom stereocenters. The van der Waals surface area contributed by atoms with Gasteiger partial charge in [0.2, 0.25) is 5.78 Å². The molecule has 1 aromatic heterocycles. The van der Waals surface area contributed by atoms with E-state index in [0.717, 1.165) is 0 Å². The van der Waals surface area contributed by atoms with Crippen molar-refractivity contribution in [3.8, 4) is 0 Å². The third-order valence-electron chi connectivity index (χ3n) is 2.43. The molecule has 0 spiro atoms. The molecule has 0 atom stereocenters. The second-order valence-corrected chi connectivity index (χ2v) is 4.39. The molecule has 0 amide bonds. The number of carbonyl (C=O) groups excluding carboxylic acids is 1. The van der Waals surface area contributed by atoms with Crippen molar-refractivity contribution in [1.29, 1.82) is 0 Å². The summed E-state index contributed by atoms with van der Waals surface area (Å²) in [6, 6.07) is 4.05. The molecule has 1 aromatic carbocycles. The Morgan fingerprint density at radius 1 is 1.47 bits per heavy atom. The Balaban J connectivity index is 2.51. The fraction of sp³-hybridized carbons (Fsp3) is 0.182. The number of aromatic nitrogens is 3. The number of rotatable bonds is 2. The smallest absolute Gasteiger partial charge is 0.214 e. The summed E-state index contributed by atoms with van der Waals surface area (Å²) in [7, 11) is 1.63. The summed E-state index contributed by atoms with van der Waals surface area (Å²) >= 11 is 3.16. The number of benzene rings is 1. The molecule has 17 heavy (non-hydrogen) atoms. The zero-order valence-corrected chi connectivity index (χ0v) is 10.8. The lowest BCUT2D eigenvalue weighted by Crippen LogP contribution is -2.10. The van der Waals surface area contributed by atoms with Crippen LogP contribution in [-0.2, 0) is 7.05 Å². The first-order valence-corrected chi connectivity index (χ1v) is 5.66. The molecule has 0 aliphatic rings. The van der Waals surface area contributed by atoms with Gasteiger partial charge in [-0.1, -0.05) is 5.21 Å². The van der Waals surface area contributed by atoms with Crippen molar-refractivity contribution in [3.63, 3.8) is 0 Å². The van der Waals surface area contributed by atoms with Crippen molar-refractivity contribution < 1.29 is 9.18 Å². The third-order valence-corrected chi connectivity index (χ3v) is 2.97. The van der Waals surface area contributed by atoms with E-state index in [0.29, 0.717) is 21.4 Å². The average Bonchev–Trinajstić information content (AvgIpc) is 2.58. The molecule has 88 valence electrons. The van der Waals surface area contributed by atoms with Crippen LogP contribution >= 0.6 is 15.9 Å². The Bertz CT molecular complexity index is 575. The molecule has 4 nitrogen and oxygen atoms in total. The fourth-order valence-corrected chi connectivity index (χ4v) is 2.09. The Kier molecular flexibility index (Phi) is 3.06. The van der Waals surface area contributed by atoms with Crippen molar-refractivity contribution in [2.24, 2.45) is 7.05 Å². The molecule has 0 saturated heterocycles. The second-order valence-electron chi connectivity index (χ2n) is 3.64. The quantitative estimate of drug-likeness (QED) is 0.799. The van der Waals surface area contributed by atoms with Crippen molar-refractivity contribution in [2.45, 2.75) is 6.92 Å². The van der Waals surface area contributed by atoms with E-state index >= 15 is 0 Å². The summed E-state index contributed by atoms with van der Waals surface area (Å²) in [6.45, 7) is 1.69. The molecule has 0 aliphatic carbocycles. The SMILES string of the molecule is Cc1cc(F)ccc1C(=O)c1c(Br)nnn1C. The fourth-order valence-electron chi connectivity index (χ4n) is 1.58. The predicted octanol–water partition coefficient (Wildman–Crippen LogP) is 2.26. The molecule has 0 N–H and O–H groups in total. The molecule has 2 rings (SSSR count). The van der Waals surface area contributed by atoms with Gasteiger partial charge in [0.15, 0.2) is 4.60 Å². The number of nitrogens with zero attached hydrogens (tertiary/aromatic N) is 3. The van der Waals surface area contributed by atoms with Gasteiger partial charge in [-0.2, -0.15) is 0 Å². The first-order chi connectivity index (χ1) is 8.00. The predicted molar refractivity (Wildman–Crippen MR) is 63.3 cm³/mol. The van der Waals surface area contributed by atoms with Gasteiger partial charge in [-0.05, 0) is 46.6 Å². The molecular weight excluding hydrogens is 289 g/mol. The van der Waals surface area contributed by atoms with Crippen LogP contribution in [0, 0.1) is 12.7 Å². The molecular formula is C11H9BrFN3O. The summed E-state index contributed by atoms with van der Waals surface area (Å²) in [4.78, 5) is 12.2. The molecule has 6 heteroatoms. The van der Waals surface area contributed by atoms with Crippen molar-refractivity contribution in [1.82, 2.24) is 15.0 Å². The van der Waals surface area contributed by atoms with Gasteiger partial charge in [-0.3, -0.25) is 4.79 Å². The molecule has 0 aliphatic heterocycles. The van der Waals surface area contributed by atoms with Crippen LogP contribution in [0.25, 0.3) is 0 Å². The Morgan fingerprint density at radius 3 is 2.71 bits per heavy atom. The van der Waals surface area contributed by atoms with Gasteiger partial charge in [-0.15, -0.1) is 5.10 Å². The summed E-state index contributed by atoms with van der Waals surface area (Å²) in [5, 5.41) is 7.48. The van der Waals surface area contributed by atoms with Gasteiger partial charge >= 0.3 is 0 Å². The van der Waals surface area contributed by atoms with Crippen LogP contribution in [0.5, 0.6) is 0 Å². The van der Waals surface area contributed by atoms with E-state index in [1.807, 2.05) is 0 Å². The lowest BCUT2D eigenvalue weighted by atomic mass is 10.0. The minimum absolute atomic E-state index is 0.234. The van der Waals surface area contributed by atoms with Crippen LogP contribution < -0.4 is 0 Å². The van der Waals surface area contributed by atoms with Gasteiger partial charge < -0.3 is 0 Å². The highest BCUT2D eigenvalue weighted by Crippen LogP contribution is 2.19. The number of hydrogen-bond donors (Lipinski definition) is 0. The van der Waals surface area contributed by atoms with Gasteiger partial charge in [0, 0.05) is 12.6 Å². The molecule has 2 aromatic rings. The Morgan fingerprint density at radius 2 is 2.18 bits per heavy atom. The van der Waals surface area contributed by atoms with Gasteiger partial charge in [0.1, 0.15) is 11.5 Å². The molecule has 1 heterocycles.